The van der Waals surface area contributed by atoms with E-state index < -0.39 is 0 Å². The normalized spacial score (nSPS) is 14.6. The van der Waals surface area contributed by atoms with Gasteiger partial charge in [-0.2, -0.15) is 0 Å². The van der Waals surface area contributed by atoms with E-state index in [4.69, 9.17) is 10.7 Å². The topological polar surface area (TPSA) is 3.24 Å². The summed E-state index contributed by atoms with van der Waals surface area (Å²) in [6, 6.07) is 13.2. The molecule has 1 aliphatic carbocycles. The van der Waals surface area contributed by atoms with Gasteiger partial charge in [-0.1, -0.05) is 60.1 Å². The van der Waals surface area contributed by atoms with E-state index in [-0.39, 0.29) is 0 Å². The second-order valence-electron chi connectivity index (χ2n) is 6.29. The molecule has 0 aromatic heterocycles. The monoisotopic (exact) mass is 353 g/mol. The largest absolute Gasteiger partial charge is 0.240 e. The number of fused-ring (bicyclic) bond motifs is 2. The molecule has 2 aromatic rings. The predicted molar refractivity (Wildman–Crippen MR) is 112 cm³/mol. The molecule has 0 fully saturated rings. The third-order valence-corrected chi connectivity index (χ3v) is 5.51. The van der Waals surface area contributed by atoms with E-state index in [2.05, 4.69) is 69.4 Å². The third-order valence-electron chi connectivity index (χ3n) is 4.38. The summed E-state index contributed by atoms with van der Waals surface area (Å²) in [5.74, 6) is 0. The fourth-order valence-corrected chi connectivity index (χ4v) is 3.72. The Balaban J connectivity index is 2.12. The number of hydrogen-bond donors (Lipinski definition) is 0. The number of hydrogen-bond acceptors (Lipinski definition) is 2. The molecule has 0 aliphatic heterocycles. The molecule has 4 heteroatoms. The maximum Gasteiger partial charge on any atom is 0.139 e. The lowest BCUT2D eigenvalue weighted by molar-refractivity contribution is 0.580. The smallest absolute Gasteiger partial charge is 0.139 e. The van der Waals surface area contributed by atoms with Gasteiger partial charge in [0.1, 0.15) is 7.85 Å². The van der Waals surface area contributed by atoms with Gasteiger partial charge < -0.3 is 0 Å². The van der Waals surface area contributed by atoms with Crippen LogP contribution in [0.4, 0.5) is 0 Å². The highest BCUT2D eigenvalue weighted by atomic mass is 35.7. The van der Waals surface area contributed by atoms with Gasteiger partial charge in [0.25, 0.3) is 0 Å². The molecule has 0 heterocycles. The van der Waals surface area contributed by atoms with Crippen LogP contribution in [-0.2, 0) is 0 Å². The number of aryl methyl sites for hydroxylation is 1. The Kier molecular flexibility index (Phi) is 5.55. The quantitative estimate of drug-likeness (QED) is 0.508. The van der Waals surface area contributed by atoms with Gasteiger partial charge in [0.15, 0.2) is 0 Å². The van der Waals surface area contributed by atoms with Gasteiger partial charge in [-0.15, -0.1) is 0 Å². The van der Waals surface area contributed by atoms with Crippen LogP contribution in [0.25, 0.3) is 17.7 Å². The summed E-state index contributed by atoms with van der Waals surface area (Å²) >= 11 is 1.26. The zero-order valence-corrected chi connectivity index (χ0v) is 15.9. The minimum absolute atomic E-state index is 0.924. The summed E-state index contributed by atoms with van der Waals surface area (Å²) in [6.45, 7) is 3.13. The second-order valence-corrected chi connectivity index (χ2v) is 7.47. The van der Waals surface area contributed by atoms with E-state index in [1.165, 1.54) is 50.0 Å². The molecule has 0 saturated heterocycles. The van der Waals surface area contributed by atoms with Gasteiger partial charge >= 0.3 is 0 Å². The highest BCUT2D eigenvalue weighted by Gasteiger charge is 2.17. The number of rotatable bonds is 4. The Bertz CT molecular complexity index is 813. The number of nitrogens with zero attached hydrogens (tertiary/aromatic N) is 1. The number of halogens is 1. The van der Waals surface area contributed by atoms with E-state index in [1.54, 1.807) is 0 Å². The van der Waals surface area contributed by atoms with Crippen molar-refractivity contribution in [2.75, 3.05) is 13.6 Å². The van der Waals surface area contributed by atoms with Crippen molar-refractivity contribution in [1.29, 1.82) is 0 Å². The Morgan fingerprint density at radius 1 is 1.17 bits per heavy atom. The summed E-state index contributed by atoms with van der Waals surface area (Å²) < 4.78 is 2.04. The molecule has 0 N–H and O–H groups in total. The average Bonchev–Trinajstić information content (AvgIpc) is 2.72. The minimum Gasteiger partial charge on any atom is -0.240 e. The molecule has 0 radical (unpaired) electrons. The molecule has 2 aromatic carbocycles. The zero-order chi connectivity index (χ0) is 17.1. The Morgan fingerprint density at radius 3 is 2.71 bits per heavy atom. The van der Waals surface area contributed by atoms with Crippen molar-refractivity contribution in [2.45, 2.75) is 13.3 Å². The van der Waals surface area contributed by atoms with Crippen LogP contribution in [-0.4, -0.2) is 25.7 Å². The van der Waals surface area contributed by atoms with Crippen LogP contribution in [0.2, 0.25) is 0 Å². The average molecular weight is 354 g/mol. The minimum atomic E-state index is 0.924. The molecule has 0 unspecified atom stereocenters. The molecular formula is C20H21BClNS. The van der Waals surface area contributed by atoms with E-state index >= 15 is 0 Å². The van der Waals surface area contributed by atoms with Crippen LogP contribution < -0.4 is 5.46 Å². The van der Waals surface area contributed by atoms with Crippen LogP contribution >= 0.6 is 21.8 Å². The fraction of sp³-hybridized carbons (Fsp3) is 0.200. The molecule has 24 heavy (non-hydrogen) atoms. The summed E-state index contributed by atoms with van der Waals surface area (Å²) in [5.41, 5.74) is 9.20. The first-order valence-electron chi connectivity index (χ1n) is 8.19. The predicted octanol–water partition coefficient (Wildman–Crippen LogP) is 4.29. The lowest BCUT2D eigenvalue weighted by atomic mass is 9.84. The van der Waals surface area contributed by atoms with Crippen molar-refractivity contribution in [3.05, 3.63) is 70.3 Å². The first-order chi connectivity index (χ1) is 11.6. The van der Waals surface area contributed by atoms with Crippen molar-refractivity contribution in [3.8, 4) is 0 Å². The van der Waals surface area contributed by atoms with Crippen molar-refractivity contribution in [3.63, 3.8) is 0 Å². The van der Waals surface area contributed by atoms with Crippen LogP contribution in [0, 0.1) is 6.92 Å². The zero-order valence-electron chi connectivity index (χ0n) is 14.3. The van der Waals surface area contributed by atoms with Crippen molar-refractivity contribution >= 4 is 52.9 Å². The highest BCUT2D eigenvalue weighted by Crippen LogP contribution is 2.35. The third kappa shape index (κ3) is 3.64. The first kappa shape index (κ1) is 17.4. The molecule has 3 rings (SSSR count). The van der Waals surface area contributed by atoms with Gasteiger partial charge in [0.05, 0.1) is 0 Å². The van der Waals surface area contributed by atoms with Crippen LogP contribution in [0.5, 0.6) is 0 Å². The molecule has 1 aliphatic rings. The number of benzene rings is 2. The van der Waals surface area contributed by atoms with Gasteiger partial charge in [-0.3, -0.25) is 0 Å². The molecule has 0 amide bonds. The fourth-order valence-electron chi connectivity index (χ4n) is 3.34. The van der Waals surface area contributed by atoms with Gasteiger partial charge in [-0.25, -0.2) is 4.31 Å². The molecule has 0 atom stereocenters. The Morgan fingerprint density at radius 2 is 1.92 bits per heavy atom. The molecule has 0 bridgehead atoms. The van der Waals surface area contributed by atoms with Crippen molar-refractivity contribution < 1.29 is 0 Å². The first-order valence-corrected chi connectivity index (χ1v) is 9.79. The summed E-state index contributed by atoms with van der Waals surface area (Å²) in [4.78, 5) is 0. The lowest BCUT2D eigenvalue weighted by Gasteiger charge is -2.16. The maximum atomic E-state index is 5.82. The molecule has 1 nitrogen and oxygen atoms in total. The molecule has 0 saturated carbocycles. The summed E-state index contributed by atoms with van der Waals surface area (Å²) in [6.07, 6.45) is 7.80. The SMILES string of the molecule is Bc1cc(C)c2c(c1)C=Cc1ccccc1/C2=C\CCN(C)SCl. The maximum absolute atomic E-state index is 5.82. The van der Waals surface area contributed by atoms with Gasteiger partial charge in [0.2, 0.25) is 0 Å². The summed E-state index contributed by atoms with van der Waals surface area (Å²) in [5, 5.41) is 0. The molecular weight excluding hydrogens is 333 g/mol. The van der Waals surface area contributed by atoms with Crippen molar-refractivity contribution in [2.24, 2.45) is 0 Å². The Hall–Kier alpha value is -1.42. The second kappa shape index (κ2) is 7.65. The van der Waals surface area contributed by atoms with Crippen LogP contribution in [0.3, 0.4) is 0 Å². The highest BCUT2D eigenvalue weighted by molar-refractivity contribution is 8.19. The van der Waals surface area contributed by atoms with E-state index in [0.717, 1.165) is 13.0 Å². The van der Waals surface area contributed by atoms with Crippen LogP contribution in [0.15, 0.2) is 42.5 Å². The Labute approximate surface area is 154 Å². The van der Waals surface area contributed by atoms with Crippen molar-refractivity contribution in [1.82, 2.24) is 4.31 Å². The van der Waals surface area contributed by atoms with Crippen LogP contribution in [0.1, 0.15) is 34.2 Å². The summed E-state index contributed by atoms with van der Waals surface area (Å²) in [7, 11) is 9.99. The van der Waals surface area contributed by atoms with E-state index in [9.17, 15) is 0 Å². The lowest BCUT2D eigenvalue weighted by Crippen LogP contribution is -2.09. The standard InChI is InChI=1S/C20H21BClNS/c1-14-12-17(21)13-16-10-9-15-6-3-4-7-18(15)19(20(14)16)8-5-11-23(2)24-22/h3-4,6-10,12-13H,5,11,21H2,1-2H3/b19-8+. The van der Waals surface area contributed by atoms with Gasteiger partial charge in [0, 0.05) is 17.7 Å². The van der Waals surface area contributed by atoms with Gasteiger partial charge in [-0.05, 0) is 64.5 Å². The molecule has 122 valence electrons. The van der Waals surface area contributed by atoms with E-state index in [0.29, 0.717) is 0 Å². The van der Waals surface area contributed by atoms with E-state index in [1.807, 2.05) is 11.4 Å². The molecule has 0 spiro atoms.